The van der Waals surface area contributed by atoms with Crippen LogP contribution in [0.5, 0.6) is 0 Å². The van der Waals surface area contributed by atoms with Gasteiger partial charge in [0.05, 0.1) is 10.0 Å². The number of nitrogens with one attached hydrogen (secondary N) is 2. The molecule has 1 aromatic heterocycles. The van der Waals surface area contributed by atoms with Crippen molar-refractivity contribution in [1.82, 2.24) is 10.3 Å². The molecule has 2 N–H and O–H groups in total. The number of hydrogen-bond donors (Lipinski definition) is 2. The topological polar surface area (TPSA) is 71.1 Å². The summed E-state index contributed by atoms with van der Waals surface area (Å²) >= 11 is 12.9. The highest BCUT2D eigenvalue weighted by Gasteiger charge is 2.15. The Morgan fingerprint density at radius 2 is 2.00 bits per heavy atom. The number of nitrogens with zero attached hydrogens (tertiary/aromatic N) is 1. The van der Waals surface area contributed by atoms with Crippen LogP contribution in [0.25, 0.3) is 0 Å². The van der Waals surface area contributed by atoms with E-state index < -0.39 is 0 Å². The summed E-state index contributed by atoms with van der Waals surface area (Å²) in [5, 5.41) is 8.07. The number of rotatable bonds is 5. The molecule has 0 aliphatic rings. The van der Waals surface area contributed by atoms with E-state index in [9.17, 15) is 9.59 Å². The smallest absolute Gasteiger partial charge is 0.271 e. The van der Waals surface area contributed by atoms with Gasteiger partial charge in [-0.25, -0.2) is 4.98 Å². The van der Waals surface area contributed by atoms with Crippen LogP contribution in [0, 0.1) is 0 Å². The number of hydrogen-bond acceptors (Lipinski definition) is 4. The van der Waals surface area contributed by atoms with E-state index in [1.165, 1.54) is 17.4 Å². The van der Waals surface area contributed by atoms with Gasteiger partial charge in [0.15, 0.2) is 5.13 Å². The number of carbonyl (C=O) groups excluding carboxylic acids is 2. The molecular weight excluding hydrogens is 357 g/mol. The van der Waals surface area contributed by atoms with Gasteiger partial charge in [0.2, 0.25) is 0 Å². The van der Waals surface area contributed by atoms with Crippen molar-refractivity contribution in [3.05, 3.63) is 44.9 Å². The maximum atomic E-state index is 12.1. The summed E-state index contributed by atoms with van der Waals surface area (Å²) in [5.41, 5.74) is 0.639. The molecule has 8 heteroatoms. The first-order chi connectivity index (χ1) is 10.9. The molecule has 0 saturated carbocycles. The SMILES string of the molecule is CC[C@H](C)NC(=O)c1csc(NC(=O)c2ccc(Cl)c(Cl)c2)n1. The molecular formula is C15H15Cl2N3O2S. The quantitative estimate of drug-likeness (QED) is 0.825. The van der Waals surface area contributed by atoms with E-state index in [2.05, 4.69) is 15.6 Å². The van der Waals surface area contributed by atoms with E-state index in [4.69, 9.17) is 23.2 Å². The molecule has 0 saturated heterocycles. The van der Waals surface area contributed by atoms with Crippen molar-refractivity contribution in [3.63, 3.8) is 0 Å². The summed E-state index contributed by atoms with van der Waals surface area (Å²) in [7, 11) is 0. The third-order valence-corrected chi connectivity index (χ3v) is 4.63. The summed E-state index contributed by atoms with van der Waals surface area (Å²) in [5.74, 6) is -0.627. The second-order valence-electron chi connectivity index (χ2n) is 4.90. The fourth-order valence-corrected chi connectivity index (χ4v) is 2.63. The average molecular weight is 372 g/mol. The van der Waals surface area contributed by atoms with Crippen molar-refractivity contribution >= 4 is 51.5 Å². The third-order valence-electron chi connectivity index (χ3n) is 3.13. The minimum atomic E-state index is -0.369. The van der Waals surface area contributed by atoms with E-state index in [-0.39, 0.29) is 23.6 Å². The summed E-state index contributed by atoms with van der Waals surface area (Å²) in [6, 6.07) is 4.65. The fourth-order valence-electron chi connectivity index (χ4n) is 1.64. The zero-order valence-electron chi connectivity index (χ0n) is 12.5. The summed E-state index contributed by atoms with van der Waals surface area (Å²) in [6.07, 6.45) is 0.830. The standard InChI is InChI=1S/C15H15Cl2N3O2S/c1-3-8(2)18-14(22)12-7-23-15(19-12)20-13(21)9-4-5-10(16)11(17)6-9/h4-8H,3H2,1-2H3,(H,18,22)(H,19,20,21)/t8-/m0/s1. The van der Waals surface area contributed by atoms with Gasteiger partial charge >= 0.3 is 0 Å². The molecule has 5 nitrogen and oxygen atoms in total. The van der Waals surface area contributed by atoms with Crippen LogP contribution in [0.2, 0.25) is 10.0 Å². The molecule has 2 amide bonds. The number of carbonyl (C=O) groups is 2. The van der Waals surface area contributed by atoms with E-state index in [1.54, 1.807) is 17.5 Å². The zero-order chi connectivity index (χ0) is 17.0. The third kappa shape index (κ3) is 4.67. The monoisotopic (exact) mass is 371 g/mol. The normalized spacial score (nSPS) is 11.8. The first-order valence-electron chi connectivity index (χ1n) is 6.93. The Kier molecular flexibility index (Phi) is 5.98. The Morgan fingerprint density at radius 1 is 1.26 bits per heavy atom. The van der Waals surface area contributed by atoms with Gasteiger partial charge < -0.3 is 5.32 Å². The molecule has 0 fully saturated rings. The number of thiazole rings is 1. The second kappa shape index (κ2) is 7.77. The lowest BCUT2D eigenvalue weighted by molar-refractivity contribution is 0.0933. The van der Waals surface area contributed by atoms with Crippen LogP contribution in [0.1, 0.15) is 41.1 Å². The molecule has 1 heterocycles. The molecule has 0 radical (unpaired) electrons. The lowest BCUT2D eigenvalue weighted by Crippen LogP contribution is -2.32. The van der Waals surface area contributed by atoms with Gasteiger partial charge in [0.1, 0.15) is 5.69 Å². The van der Waals surface area contributed by atoms with E-state index >= 15 is 0 Å². The van der Waals surface area contributed by atoms with Crippen LogP contribution in [-0.2, 0) is 0 Å². The molecule has 1 atom stereocenters. The van der Waals surface area contributed by atoms with Crippen LogP contribution in [0.3, 0.4) is 0 Å². The first-order valence-corrected chi connectivity index (χ1v) is 8.57. The predicted octanol–water partition coefficient (Wildman–Crippen LogP) is 4.23. The van der Waals surface area contributed by atoms with Gasteiger partial charge in [-0.2, -0.15) is 0 Å². The Balaban J connectivity index is 2.05. The zero-order valence-corrected chi connectivity index (χ0v) is 14.9. The highest BCUT2D eigenvalue weighted by Crippen LogP contribution is 2.23. The summed E-state index contributed by atoms with van der Waals surface area (Å²) in [4.78, 5) is 28.2. The number of anilines is 1. The minimum Gasteiger partial charge on any atom is -0.348 e. The van der Waals surface area contributed by atoms with Gasteiger partial charge in [-0.1, -0.05) is 30.1 Å². The lowest BCUT2D eigenvalue weighted by atomic mass is 10.2. The van der Waals surface area contributed by atoms with Gasteiger partial charge in [-0.05, 0) is 31.5 Å². The predicted molar refractivity (Wildman–Crippen MR) is 93.7 cm³/mol. The molecule has 0 bridgehead atoms. The first kappa shape index (κ1) is 17.7. The maximum absolute atomic E-state index is 12.1. The Morgan fingerprint density at radius 3 is 2.65 bits per heavy atom. The highest BCUT2D eigenvalue weighted by molar-refractivity contribution is 7.14. The molecule has 0 unspecified atom stereocenters. The Labute approximate surface area is 148 Å². The molecule has 122 valence electrons. The number of aromatic nitrogens is 1. The van der Waals surface area contributed by atoms with E-state index in [0.29, 0.717) is 20.7 Å². The van der Waals surface area contributed by atoms with Gasteiger partial charge in [-0.15, -0.1) is 11.3 Å². The molecule has 1 aromatic carbocycles. The van der Waals surface area contributed by atoms with Crippen LogP contribution >= 0.6 is 34.5 Å². The minimum absolute atomic E-state index is 0.0680. The molecule has 0 aliphatic heterocycles. The average Bonchev–Trinajstić information content (AvgIpc) is 2.98. The molecule has 0 aliphatic carbocycles. The van der Waals surface area contributed by atoms with Crippen molar-refractivity contribution in [3.8, 4) is 0 Å². The van der Waals surface area contributed by atoms with Gasteiger partial charge in [0.25, 0.3) is 11.8 Å². The Hall–Kier alpha value is -1.63. The van der Waals surface area contributed by atoms with Crippen LogP contribution < -0.4 is 10.6 Å². The fraction of sp³-hybridized carbons (Fsp3) is 0.267. The molecule has 23 heavy (non-hydrogen) atoms. The summed E-state index contributed by atoms with van der Waals surface area (Å²) in [6.45, 7) is 3.89. The van der Waals surface area contributed by atoms with Crippen molar-refractivity contribution in [2.75, 3.05) is 5.32 Å². The number of benzene rings is 1. The summed E-state index contributed by atoms with van der Waals surface area (Å²) < 4.78 is 0. The van der Waals surface area contributed by atoms with Gasteiger partial charge in [-0.3, -0.25) is 14.9 Å². The van der Waals surface area contributed by atoms with E-state index in [1.807, 2.05) is 13.8 Å². The maximum Gasteiger partial charge on any atom is 0.271 e. The van der Waals surface area contributed by atoms with E-state index in [0.717, 1.165) is 6.42 Å². The molecule has 2 rings (SSSR count). The number of amides is 2. The largest absolute Gasteiger partial charge is 0.348 e. The number of halogens is 2. The second-order valence-corrected chi connectivity index (χ2v) is 6.58. The molecule has 0 spiro atoms. The Bertz CT molecular complexity index is 733. The van der Waals surface area contributed by atoms with Crippen molar-refractivity contribution < 1.29 is 9.59 Å². The van der Waals surface area contributed by atoms with Crippen LogP contribution in [0.15, 0.2) is 23.6 Å². The van der Waals surface area contributed by atoms with Crippen LogP contribution in [0.4, 0.5) is 5.13 Å². The van der Waals surface area contributed by atoms with Crippen molar-refractivity contribution in [2.24, 2.45) is 0 Å². The van der Waals surface area contributed by atoms with Crippen LogP contribution in [-0.4, -0.2) is 22.8 Å². The van der Waals surface area contributed by atoms with Gasteiger partial charge in [0, 0.05) is 17.0 Å². The lowest BCUT2D eigenvalue weighted by Gasteiger charge is -2.09. The van der Waals surface area contributed by atoms with Crippen molar-refractivity contribution in [2.45, 2.75) is 26.3 Å². The van der Waals surface area contributed by atoms with Crippen molar-refractivity contribution in [1.29, 1.82) is 0 Å². The molecule has 2 aromatic rings. The highest BCUT2D eigenvalue weighted by atomic mass is 35.5.